The molecule has 0 saturated heterocycles. The van der Waals surface area contributed by atoms with Crippen LogP contribution in [-0.2, 0) is 6.42 Å². The molecule has 0 saturated carbocycles. The highest BCUT2D eigenvalue weighted by molar-refractivity contribution is 6.58. The van der Waals surface area contributed by atoms with E-state index in [1.807, 2.05) is 6.07 Å². The van der Waals surface area contributed by atoms with Crippen LogP contribution in [0.1, 0.15) is 5.56 Å². The Kier molecular flexibility index (Phi) is 2.87. The van der Waals surface area contributed by atoms with E-state index in [4.69, 9.17) is 36.6 Å². The number of hydrogen-bond donors (Lipinski definition) is 0. The summed E-state index contributed by atoms with van der Waals surface area (Å²) in [6.07, 6.45) is 0.0785. The van der Waals surface area contributed by atoms with Crippen LogP contribution in [-0.4, -0.2) is 36.4 Å². The molecule has 13 heavy (non-hydrogen) atoms. The average molecular weight is 157 g/mol. The van der Waals surface area contributed by atoms with Crippen LogP contribution in [0.25, 0.3) is 0 Å². The lowest BCUT2D eigenvalue weighted by Crippen LogP contribution is -2.48. The fourth-order valence-electron chi connectivity index (χ4n) is 0.961. The molecular weight excluding hydrogens is 155 g/mol. The van der Waals surface area contributed by atoms with Crippen molar-refractivity contribution in [3.05, 3.63) is 5.56 Å². The molecular formula is C7H2B4N2. The van der Waals surface area contributed by atoms with Crippen molar-refractivity contribution >= 4 is 53.5 Å². The number of nitriles is 1. The first-order valence-electron chi connectivity index (χ1n) is 3.53. The van der Waals surface area contributed by atoms with E-state index < -0.39 is 0 Å². The molecule has 0 aliphatic heterocycles. The summed E-state index contributed by atoms with van der Waals surface area (Å²) < 4.78 is 0. The molecule has 0 unspecified atom stereocenters. The van der Waals surface area contributed by atoms with Gasteiger partial charge in [0.1, 0.15) is 31.4 Å². The molecule has 1 heterocycles. The summed E-state index contributed by atoms with van der Waals surface area (Å²) in [7, 11) is 22.0. The Morgan fingerprint density at radius 3 is 2.23 bits per heavy atom. The molecule has 6 heteroatoms. The van der Waals surface area contributed by atoms with Gasteiger partial charge in [-0.15, -0.1) is 0 Å². The Labute approximate surface area is 82.4 Å². The zero-order valence-electron chi connectivity index (χ0n) is 6.91. The highest BCUT2D eigenvalue weighted by Gasteiger charge is 2.06. The standard InChI is InChI=1S/C7H2B4N2/c8-4-3(1-2-12)6(10)13-7(11)5(4)9/h1H2. The third kappa shape index (κ3) is 1.80. The Morgan fingerprint density at radius 2 is 1.69 bits per heavy atom. The number of pyridine rings is 1. The van der Waals surface area contributed by atoms with Gasteiger partial charge in [0.05, 0.1) is 12.5 Å². The second-order valence-electron chi connectivity index (χ2n) is 2.52. The molecule has 0 amide bonds. The summed E-state index contributed by atoms with van der Waals surface area (Å²) in [6, 6.07) is 1.92. The summed E-state index contributed by atoms with van der Waals surface area (Å²) >= 11 is 0. The number of nitrogens with zero attached hydrogens (tertiary/aromatic N) is 2. The van der Waals surface area contributed by atoms with Crippen LogP contribution in [0.2, 0.25) is 0 Å². The number of hydrogen-bond acceptors (Lipinski definition) is 2. The Hall–Kier alpha value is -1.10. The second kappa shape index (κ2) is 3.74. The lowest BCUT2D eigenvalue weighted by molar-refractivity contribution is 1.27. The molecule has 0 aliphatic carbocycles. The van der Waals surface area contributed by atoms with E-state index in [0.717, 1.165) is 0 Å². The van der Waals surface area contributed by atoms with Crippen LogP contribution >= 0.6 is 0 Å². The van der Waals surface area contributed by atoms with Gasteiger partial charge in [-0.05, 0) is 16.8 Å². The van der Waals surface area contributed by atoms with Gasteiger partial charge < -0.3 is 0 Å². The SMILES string of the molecule is [B]c1nc([B])c(CC#N)c([B])c1[B]. The predicted octanol–water partition coefficient (Wildman–Crippen LogP) is -3.68. The van der Waals surface area contributed by atoms with Gasteiger partial charge in [-0.3, -0.25) is 4.98 Å². The van der Waals surface area contributed by atoms with Gasteiger partial charge in [0.15, 0.2) is 0 Å². The highest BCUT2D eigenvalue weighted by atomic mass is 14.7. The molecule has 8 radical (unpaired) electrons. The smallest absolute Gasteiger partial charge is 0.142 e. The highest BCUT2D eigenvalue weighted by Crippen LogP contribution is 1.85. The molecule has 52 valence electrons. The Morgan fingerprint density at radius 1 is 1.08 bits per heavy atom. The topological polar surface area (TPSA) is 36.7 Å². The van der Waals surface area contributed by atoms with Gasteiger partial charge in [-0.25, -0.2) is 0 Å². The molecule has 0 aliphatic rings. The maximum Gasteiger partial charge on any atom is 0.142 e. The molecule has 0 spiro atoms. The normalized spacial score (nSPS) is 9.46. The van der Waals surface area contributed by atoms with Crippen molar-refractivity contribution in [2.24, 2.45) is 0 Å². The van der Waals surface area contributed by atoms with Crippen molar-refractivity contribution in [3.63, 3.8) is 0 Å². The van der Waals surface area contributed by atoms with Crippen LogP contribution in [0.3, 0.4) is 0 Å². The fraction of sp³-hybridized carbons (Fsp3) is 0.143. The first kappa shape index (κ1) is 9.98. The molecule has 2 nitrogen and oxygen atoms in total. The monoisotopic (exact) mass is 158 g/mol. The predicted molar refractivity (Wildman–Crippen MR) is 55.1 cm³/mol. The minimum Gasteiger partial charge on any atom is -0.281 e. The van der Waals surface area contributed by atoms with Crippen molar-refractivity contribution in [1.29, 1.82) is 5.26 Å². The fourth-order valence-corrected chi connectivity index (χ4v) is 0.961. The number of rotatable bonds is 1. The zero-order chi connectivity index (χ0) is 10.0. The molecule has 1 rings (SSSR count). The summed E-state index contributed by atoms with van der Waals surface area (Å²) in [4.78, 5) is 3.75. The summed E-state index contributed by atoms with van der Waals surface area (Å²) in [5, 5.41) is 8.47. The van der Waals surface area contributed by atoms with Gasteiger partial charge in [0.25, 0.3) is 0 Å². The van der Waals surface area contributed by atoms with Crippen molar-refractivity contribution in [1.82, 2.24) is 4.98 Å². The van der Waals surface area contributed by atoms with Gasteiger partial charge in [-0.2, -0.15) is 5.26 Å². The van der Waals surface area contributed by atoms with Crippen molar-refractivity contribution < 1.29 is 0 Å². The van der Waals surface area contributed by atoms with E-state index in [1.54, 1.807) is 0 Å². The van der Waals surface area contributed by atoms with Crippen LogP contribution in [0.5, 0.6) is 0 Å². The second-order valence-corrected chi connectivity index (χ2v) is 2.52. The number of aromatic nitrogens is 1. The van der Waals surface area contributed by atoms with Gasteiger partial charge in [0.2, 0.25) is 0 Å². The third-order valence-corrected chi connectivity index (χ3v) is 1.70. The lowest BCUT2D eigenvalue weighted by atomic mass is 9.70. The maximum absolute atomic E-state index is 8.47. The van der Waals surface area contributed by atoms with E-state index in [9.17, 15) is 0 Å². The van der Waals surface area contributed by atoms with Crippen LogP contribution < -0.4 is 22.1 Å². The Balaban J connectivity index is 3.36. The van der Waals surface area contributed by atoms with Crippen molar-refractivity contribution in [2.45, 2.75) is 6.42 Å². The van der Waals surface area contributed by atoms with Gasteiger partial charge in [0, 0.05) is 0 Å². The van der Waals surface area contributed by atoms with Gasteiger partial charge in [-0.1, -0.05) is 10.9 Å². The summed E-state index contributed by atoms with van der Waals surface area (Å²) in [6.45, 7) is 0. The van der Waals surface area contributed by atoms with Gasteiger partial charge >= 0.3 is 0 Å². The molecule has 1 aromatic rings. The molecule has 0 aromatic carbocycles. The maximum atomic E-state index is 8.47. The summed E-state index contributed by atoms with van der Waals surface area (Å²) in [5.41, 5.74) is 1.11. The zero-order valence-corrected chi connectivity index (χ0v) is 6.91. The minimum atomic E-state index is 0.0785. The minimum absolute atomic E-state index is 0.0785. The largest absolute Gasteiger partial charge is 0.281 e. The lowest BCUT2D eigenvalue weighted by Gasteiger charge is -2.13. The molecule has 0 bridgehead atoms. The van der Waals surface area contributed by atoms with E-state index >= 15 is 0 Å². The first-order valence-corrected chi connectivity index (χ1v) is 3.53. The third-order valence-electron chi connectivity index (χ3n) is 1.70. The molecule has 1 aromatic heterocycles. The summed E-state index contributed by atoms with van der Waals surface area (Å²) in [5.74, 6) is 0. The van der Waals surface area contributed by atoms with E-state index in [2.05, 4.69) is 4.98 Å². The molecule has 0 N–H and O–H groups in total. The van der Waals surface area contributed by atoms with E-state index in [0.29, 0.717) is 5.56 Å². The van der Waals surface area contributed by atoms with E-state index in [-0.39, 0.29) is 28.5 Å². The van der Waals surface area contributed by atoms with E-state index in [1.165, 1.54) is 0 Å². The van der Waals surface area contributed by atoms with Crippen molar-refractivity contribution in [3.8, 4) is 6.07 Å². The van der Waals surface area contributed by atoms with Crippen LogP contribution in [0, 0.1) is 11.3 Å². The molecule has 0 atom stereocenters. The average Bonchev–Trinajstić information content (AvgIpc) is 2.09. The van der Waals surface area contributed by atoms with Crippen LogP contribution in [0.15, 0.2) is 0 Å². The Bertz CT molecular complexity index is 383. The quantitative estimate of drug-likeness (QED) is 0.394. The first-order chi connectivity index (χ1) is 6.07. The van der Waals surface area contributed by atoms with Crippen molar-refractivity contribution in [2.75, 3.05) is 0 Å². The van der Waals surface area contributed by atoms with Crippen LogP contribution in [0.4, 0.5) is 0 Å². The molecule has 0 fully saturated rings.